The Labute approximate surface area is 174 Å². The topological polar surface area (TPSA) is 66.5 Å². The Balaban J connectivity index is 1.58. The van der Waals surface area contributed by atoms with Gasteiger partial charge < -0.3 is 5.32 Å². The molecule has 156 valence electrons. The van der Waals surface area contributed by atoms with Crippen LogP contribution in [0.15, 0.2) is 48.5 Å². The summed E-state index contributed by atoms with van der Waals surface area (Å²) in [5.74, 6) is -0.286. The summed E-state index contributed by atoms with van der Waals surface area (Å²) in [5, 5.41) is 3.02. The van der Waals surface area contributed by atoms with Crippen LogP contribution in [0.2, 0.25) is 0 Å². The van der Waals surface area contributed by atoms with Crippen molar-refractivity contribution in [2.45, 2.75) is 39.5 Å². The zero-order valence-corrected chi connectivity index (χ0v) is 18.0. The Bertz CT molecular complexity index is 922. The fraction of sp³-hybridized carbons (Fsp3) is 0.435. The van der Waals surface area contributed by atoms with Crippen molar-refractivity contribution in [2.75, 3.05) is 24.2 Å². The maximum Gasteiger partial charge on any atom is 0.228 e. The number of sulfonamides is 1. The highest BCUT2D eigenvalue weighted by Gasteiger charge is 2.32. The van der Waals surface area contributed by atoms with Crippen LogP contribution in [0.1, 0.15) is 36.0 Å². The molecule has 0 aromatic heterocycles. The lowest BCUT2D eigenvalue weighted by molar-refractivity contribution is -0.120. The molecule has 0 bridgehead atoms. The molecular formula is C23H30N2O3S. The van der Waals surface area contributed by atoms with E-state index in [1.807, 2.05) is 62.4 Å². The van der Waals surface area contributed by atoms with Gasteiger partial charge in [0, 0.05) is 18.8 Å². The van der Waals surface area contributed by atoms with Crippen LogP contribution in [0.4, 0.5) is 5.69 Å². The normalized spacial score (nSPS) is 17.8. The lowest BCUT2D eigenvalue weighted by atomic mass is 9.98. The van der Waals surface area contributed by atoms with Gasteiger partial charge in [-0.25, -0.2) is 12.7 Å². The number of amides is 1. The Morgan fingerprint density at radius 1 is 1.07 bits per heavy atom. The van der Waals surface area contributed by atoms with Gasteiger partial charge in [-0.1, -0.05) is 48.5 Å². The van der Waals surface area contributed by atoms with Gasteiger partial charge >= 0.3 is 0 Å². The fourth-order valence-electron chi connectivity index (χ4n) is 3.88. The van der Waals surface area contributed by atoms with E-state index in [-0.39, 0.29) is 24.1 Å². The van der Waals surface area contributed by atoms with Gasteiger partial charge in [0.05, 0.1) is 11.7 Å². The van der Waals surface area contributed by atoms with Crippen molar-refractivity contribution < 1.29 is 13.2 Å². The highest BCUT2D eigenvalue weighted by atomic mass is 32.2. The van der Waals surface area contributed by atoms with Crippen molar-refractivity contribution in [3.63, 3.8) is 0 Å². The van der Waals surface area contributed by atoms with E-state index in [4.69, 9.17) is 0 Å². The molecule has 1 amide bonds. The number of anilines is 1. The molecule has 1 fully saturated rings. The molecule has 0 spiro atoms. The Kier molecular flexibility index (Phi) is 7.09. The number of hydrogen-bond donors (Lipinski definition) is 1. The van der Waals surface area contributed by atoms with Gasteiger partial charge in [0.2, 0.25) is 15.9 Å². The van der Waals surface area contributed by atoms with Gasteiger partial charge in [-0.3, -0.25) is 4.79 Å². The van der Waals surface area contributed by atoms with Crippen molar-refractivity contribution in [3.8, 4) is 0 Å². The van der Waals surface area contributed by atoms with E-state index in [9.17, 15) is 13.2 Å². The zero-order chi connectivity index (χ0) is 20.9. The third-order valence-corrected chi connectivity index (χ3v) is 7.51. The molecule has 6 heteroatoms. The number of para-hydroxylation sites is 1. The average molecular weight is 415 g/mol. The molecule has 1 saturated heterocycles. The van der Waals surface area contributed by atoms with Crippen LogP contribution in [-0.4, -0.2) is 37.5 Å². The number of rotatable bonds is 7. The van der Waals surface area contributed by atoms with E-state index in [1.165, 1.54) is 4.31 Å². The number of hydrogen-bond acceptors (Lipinski definition) is 3. The molecule has 0 unspecified atom stereocenters. The molecule has 1 N–H and O–H groups in total. The van der Waals surface area contributed by atoms with Crippen LogP contribution < -0.4 is 5.32 Å². The van der Waals surface area contributed by atoms with E-state index in [0.29, 0.717) is 25.8 Å². The van der Waals surface area contributed by atoms with E-state index in [1.54, 1.807) is 0 Å². The van der Waals surface area contributed by atoms with Crippen molar-refractivity contribution in [2.24, 2.45) is 5.92 Å². The van der Waals surface area contributed by atoms with E-state index in [2.05, 4.69) is 5.32 Å². The first-order chi connectivity index (χ1) is 13.9. The second-order valence-electron chi connectivity index (χ2n) is 7.86. The number of carbonyl (C=O) groups is 1. The molecule has 0 radical (unpaired) electrons. The van der Waals surface area contributed by atoms with Crippen LogP contribution >= 0.6 is 0 Å². The minimum Gasteiger partial charge on any atom is -0.325 e. The van der Waals surface area contributed by atoms with Gasteiger partial charge in [0.15, 0.2) is 0 Å². The quantitative estimate of drug-likeness (QED) is 0.747. The summed E-state index contributed by atoms with van der Waals surface area (Å²) >= 11 is 0. The number of nitrogens with one attached hydrogen (secondary N) is 1. The second-order valence-corrected chi connectivity index (χ2v) is 9.95. The van der Waals surface area contributed by atoms with Gasteiger partial charge in [-0.2, -0.15) is 0 Å². The summed E-state index contributed by atoms with van der Waals surface area (Å²) in [6, 6.07) is 15.8. The Morgan fingerprint density at radius 3 is 2.45 bits per heavy atom. The third kappa shape index (κ3) is 5.67. The standard InChI is InChI=1S/C23H30N2O3S/c1-18-9-6-10-19(2)22(18)24-23(26)21-14-7-15-25(17-21)29(27,28)16-8-13-20-11-4-3-5-12-20/h3-6,9-12,21H,7-8,13-17H2,1-2H3,(H,24,26)/t21-/m0/s1. The summed E-state index contributed by atoms with van der Waals surface area (Å²) in [5.41, 5.74) is 4.01. The lowest BCUT2D eigenvalue weighted by Crippen LogP contribution is -2.44. The molecule has 29 heavy (non-hydrogen) atoms. The fourth-order valence-corrected chi connectivity index (χ4v) is 5.46. The van der Waals surface area contributed by atoms with Gasteiger partial charge in [-0.05, 0) is 56.2 Å². The van der Waals surface area contributed by atoms with Crippen LogP contribution in [0.3, 0.4) is 0 Å². The lowest BCUT2D eigenvalue weighted by Gasteiger charge is -2.31. The van der Waals surface area contributed by atoms with E-state index >= 15 is 0 Å². The van der Waals surface area contributed by atoms with Gasteiger partial charge in [0.1, 0.15) is 0 Å². The SMILES string of the molecule is Cc1cccc(C)c1NC(=O)[C@H]1CCCN(S(=O)(=O)CCCc2ccccc2)C1. The monoisotopic (exact) mass is 414 g/mol. The number of piperidine rings is 1. The first kappa shape index (κ1) is 21.5. The summed E-state index contributed by atoms with van der Waals surface area (Å²) < 4.78 is 27.1. The van der Waals surface area contributed by atoms with Crippen LogP contribution in [0.25, 0.3) is 0 Å². The zero-order valence-electron chi connectivity index (χ0n) is 17.2. The summed E-state index contributed by atoms with van der Waals surface area (Å²) in [4.78, 5) is 12.8. The molecule has 1 aliphatic rings. The number of nitrogens with zero attached hydrogens (tertiary/aromatic N) is 1. The molecule has 1 heterocycles. The first-order valence-corrected chi connectivity index (χ1v) is 11.9. The average Bonchev–Trinajstić information content (AvgIpc) is 2.71. The minimum absolute atomic E-state index is 0.0911. The number of aryl methyl sites for hydroxylation is 3. The summed E-state index contributed by atoms with van der Waals surface area (Å²) in [6.45, 7) is 4.70. The second kappa shape index (κ2) is 9.55. The number of carbonyl (C=O) groups excluding carboxylic acids is 1. The highest BCUT2D eigenvalue weighted by molar-refractivity contribution is 7.89. The molecule has 2 aromatic rings. The van der Waals surface area contributed by atoms with E-state index in [0.717, 1.165) is 28.8 Å². The van der Waals surface area contributed by atoms with Crippen LogP contribution in [0.5, 0.6) is 0 Å². The smallest absolute Gasteiger partial charge is 0.228 e. The van der Waals surface area contributed by atoms with Crippen LogP contribution in [0, 0.1) is 19.8 Å². The van der Waals surface area contributed by atoms with Crippen molar-refractivity contribution in [3.05, 3.63) is 65.2 Å². The van der Waals surface area contributed by atoms with E-state index < -0.39 is 10.0 Å². The Morgan fingerprint density at radius 2 is 1.76 bits per heavy atom. The van der Waals surface area contributed by atoms with Gasteiger partial charge in [0.25, 0.3) is 0 Å². The maximum atomic E-state index is 12.8. The molecule has 1 aliphatic heterocycles. The Hall–Kier alpha value is -2.18. The molecule has 1 atom stereocenters. The summed E-state index contributed by atoms with van der Waals surface area (Å²) in [7, 11) is -3.36. The largest absolute Gasteiger partial charge is 0.325 e. The third-order valence-electron chi connectivity index (χ3n) is 5.59. The predicted octanol–water partition coefficient (Wildman–Crippen LogP) is 3.92. The predicted molar refractivity (Wildman–Crippen MR) is 117 cm³/mol. The maximum absolute atomic E-state index is 12.8. The van der Waals surface area contributed by atoms with Crippen molar-refractivity contribution >= 4 is 21.6 Å². The van der Waals surface area contributed by atoms with Crippen molar-refractivity contribution in [1.82, 2.24) is 4.31 Å². The molecule has 5 nitrogen and oxygen atoms in total. The van der Waals surface area contributed by atoms with Crippen LogP contribution in [-0.2, 0) is 21.2 Å². The minimum atomic E-state index is -3.36. The molecule has 2 aromatic carbocycles. The molecule has 0 aliphatic carbocycles. The van der Waals surface area contributed by atoms with Crippen molar-refractivity contribution in [1.29, 1.82) is 0 Å². The number of benzene rings is 2. The molecular weight excluding hydrogens is 384 g/mol. The first-order valence-electron chi connectivity index (χ1n) is 10.3. The molecule has 3 rings (SSSR count). The highest BCUT2D eigenvalue weighted by Crippen LogP contribution is 2.24. The molecule has 0 saturated carbocycles. The summed E-state index contributed by atoms with van der Waals surface area (Å²) in [6.07, 6.45) is 2.75. The van der Waals surface area contributed by atoms with Gasteiger partial charge in [-0.15, -0.1) is 0 Å².